The van der Waals surface area contributed by atoms with Crippen molar-refractivity contribution in [1.29, 1.82) is 0 Å². The Morgan fingerprint density at radius 2 is 2.00 bits per heavy atom. The predicted octanol–water partition coefficient (Wildman–Crippen LogP) is 0.995. The molecule has 0 aliphatic carbocycles. The molecule has 0 radical (unpaired) electrons. The van der Waals surface area contributed by atoms with Crippen LogP contribution in [0.25, 0.3) is 0 Å². The number of halogens is 3. The summed E-state index contributed by atoms with van der Waals surface area (Å²) >= 11 is 0. The number of alkyl halides is 3. The highest BCUT2D eigenvalue weighted by Gasteiger charge is 2.37. The molecule has 1 aromatic carbocycles. The van der Waals surface area contributed by atoms with Crippen LogP contribution in [0, 0.1) is 0 Å². The summed E-state index contributed by atoms with van der Waals surface area (Å²) in [6.07, 6.45) is -4.43. The van der Waals surface area contributed by atoms with E-state index in [4.69, 9.17) is 5.14 Å². The van der Waals surface area contributed by atoms with Gasteiger partial charge in [0.15, 0.2) is 0 Å². The second kappa shape index (κ2) is 5.43. The number of benzene rings is 1. The van der Waals surface area contributed by atoms with Gasteiger partial charge in [-0.2, -0.15) is 13.2 Å². The largest absolute Gasteiger partial charge is 0.417 e. The molecule has 22 heavy (non-hydrogen) atoms. The standard InChI is InChI=1S/C12H14F3N3O3S/c1-18-5-4-9(11(18)19)17-7-2-3-10(22(16,20)21)8(6-7)12(13,14)15/h2-3,6,9,17H,4-5H2,1H3,(H2,16,20,21). The Kier molecular flexibility index (Phi) is 4.09. The van der Waals surface area contributed by atoms with E-state index < -0.39 is 32.7 Å². The number of nitrogens with zero attached hydrogens (tertiary/aromatic N) is 1. The maximum atomic E-state index is 13.0. The minimum Gasteiger partial charge on any atom is -0.374 e. The number of primary sulfonamides is 1. The van der Waals surface area contributed by atoms with E-state index in [-0.39, 0.29) is 11.6 Å². The molecule has 1 amide bonds. The number of anilines is 1. The lowest BCUT2D eigenvalue weighted by Gasteiger charge is -2.17. The van der Waals surface area contributed by atoms with Crippen molar-refractivity contribution in [2.45, 2.75) is 23.5 Å². The van der Waals surface area contributed by atoms with E-state index in [9.17, 15) is 26.4 Å². The van der Waals surface area contributed by atoms with Gasteiger partial charge < -0.3 is 10.2 Å². The maximum Gasteiger partial charge on any atom is 0.417 e. The first-order valence-corrected chi connectivity index (χ1v) is 7.80. The zero-order valence-electron chi connectivity index (χ0n) is 11.5. The van der Waals surface area contributed by atoms with E-state index >= 15 is 0 Å². The van der Waals surface area contributed by atoms with Crippen LogP contribution < -0.4 is 10.5 Å². The van der Waals surface area contributed by atoms with Crippen LogP contribution in [0.2, 0.25) is 0 Å². The van der Waals surface area contributed by atoms with Crippen LogP contribution in [-0.2, 0) is 21.0 Å². The van der Waals surface area contributed by atoms with Crippen LogP contribution in [0.1, 0.15) is 12.0 Å². The molecular formula is C12H14F3N3O3S. The third-order valence-corrected chi connectivity index (χ3v) is 4.33. The number of nitrogens with two attached hydrogens (primary N) is 1. The summed E-state index contributed by atoms with van der Waals surface area (Å²) in [5, 5.41) is 7.48. The highest BCUT2D eigenvalue weighted by Crippen LogP contribution is 2.35. The molecule has 1 saturated heterocycles. The Bertz CT molecular complexity index is 703. The van der Waals surface area contributed by atoms with Crippen molar-refractivity contribution >= 4 is 21.6 Å². The van der Waals surface area contributed by atoms with Crippen LogP contribution in [-0.4, -0.2) is 38.9 Å². The van der Waals surface area contributed by atoms with Crippen molar-refractivity contribution in [1.82, 2.24) is 4.90 Å². The number of hydrogen-bond acceptors (Lipinski definition) is 4. The monoisotopic (exact) mass is 337 g/mol. The molecule has 0 saturated carbocycles. The molecule has 6 nitrogen and oxygen atoms in total. The predicted molar refractivity (Wildman–Crippen MR) is 72.5 cm³/mol. The van der Waals surface area contributed by atoms with Gasteiger partial charge in [0.25, 0.3) is 0 Å². The Balaban J connectivity index is 2.38. The fourth-order valence-corrected chi connectivity index (χ4v) is 2.99. The molecule has 1 unspecified atom stereocenters. The quantitative estimate of drug-likeness (QED) is 0.860. The highest BCUT2D eigenvalue weighted by atomic mass is 32.2. The number of hydrogen-bond donors (Lipinski definition) is 2. The first-order chi connectivity index (χ1) is 10.00. The Labute approximate surface area is 125 Å². The summed E-state index contributed by atoms with van der Waals surface area (Å²) in [7, 11) is -2.91. The zero-order valence-corrected chi connectivity index (χ0v) is 12.3. The minimum absolute atomic E-state index is 0.00775. The number of amides is 1. The van der Waals surface area contributed by atoms with Crippen molar-refractivity contribution in [2.75, 3.05) is 18.9 Å². The number of carbonyl (C=O) groups excluding carboxylic acids is 1. The van der Waals surface area contributed by atoms with E-state index in [1.165, 1.54) is 4.90 Å². The van der Waals surface area contributed by atoms with Crippen molar-refractivity contribution in [3.8, 4) is 0 Å². The number of sulfonamides is 1. The lowest BCUT2D eigenvalue weighted by atomic mass is 10.1. The topological polar surface area (TPSA) is 92.5 Å². The van der Waals surface area contributed by atoms with Crippen molar-refractivity contribution in [3.05, 3.63) is 23.8 Å². The summed E-state index contributed by atoms with van der Waals surface area (Å²) in [5.74, 6) is -0.232. The number of nitrogens with one attached hydrogen (secondary N) is 1. The fourth-order valence-electron chi connectivity index (χ4n) is 2.25. The molecule has 0 aromatic heterocycles. The number of likely N-dealkylation sites (N-methyl/N-ethyl adjacent to an activating group) is 1. The normalized spacial score (nSPS) is 19.6. The van der Waals surface area contributed by atoms with Crippen molar-refractivity contribution in [2.24, 2.45) is 5.14 Å². The lowest BCUT2D eigenvalue weighted by molar-refractivity contribution is -0.139. The molecule has 3 N–H and O–H groups in total. The van der Waals surface area contributed by atoms with Gasteiger partial charge in [-0.05, 0) is 24.6 Å². The van der Waals surface area contributed by atoms with E-state index in [2.05, 4.69) is 5.32 Å². The Morgan fingerprint density at radius 1 is 1.36 bits per heavy atom. The minimum atomic E-state index is -4.88. The number of carbonyl (C=O) groups is 1. The second-order valence-electron chi connectivity index (χ2n) is 5.00. The molecule has 10 heteroatoms. The third kappa shape index (κ3) is 3.33. The zero-order chi connectivity index (χ0) is 16.7. The highest BCUT2D eigenvalue weighted by molar-refractivity contribution is 7.89. The summed E-state index contributed by atoms with van der Waals surface area (Å²) in [5.41, 5.74) is -1.35. The first kappa shape index (κ1) is 16.6. The van der Waals surface area contributed by atoms with E-state index in [1.54, 1.807) is 7.05 Å². The SMILES string of the molecule is CN1CCC(Nc2ccc(S(N)(=O)=O)c(C(F)(F)F)c2)C1=O. The van der Waals surface area contributed by atoms with Crippen LogP contribution in [0.15, 0.2) is 23.1 Å². The van der Waals surface area contributed by atoms with E-state index in [1.807, 2.05) is 0 Å². The molecule has 1 heterocycles. The molecule has 0 spiro atoms. The van der Waals surface area contributed by atoms with Gasteiger partial charge >= 0.3 is 6.18 Å². The Morgan fingerprint density at radius 3 is 2.45 bits per heavy atom. The fraction of sp³-hybridized carbons (Fsp3) is 0.417. The average molecular weight is 337 g/mol. The average Bonchev–Trinajstić information content (AvgIpc) is 2.68. The van der Waals surface area contributed by atoms with Gasteiger partial charge in [0.05, 0.1) is 10.5 Å². The van der Waals surface area contributed by atoms with Crippen molar-refractivity contribution < 1.29 is 26.4 Å². The van der Waals surface area contributed by atoms with Gasteiger partial charge in [-0.1, -0.05) is 0 Å². The molecule has 1 aromatic rings. The smallest absolute Gasteiger partial charge is 0.374 e. The van der Waals surface area contributed by atoms with Gasteiger partial charge in [0.2, 0.25) is 15.9 Å². The van der Waals surface area contributed by atoms with E-state index in [0.717, 1.165) is 12.1 Å². The summed E-state index contributed by atoms with van der Waals surface area (Å²) < 4.78 is 61.5. The van der Waals surface area contributed by atoms with Crippen LogP contribution in [0.5, 0.6) is 0 Å². The van der Waals surface area contributed by atoms with Gasteiger partial charge in [-0.3, -0.25) is 4.79 Å². The van der Waals surface area contributed by atoms with Crippen molar-refractivity contribution in [3.63, 3.8) is 0 Å². The van der Waals surface area contributed by atoms with Gasteiger partial charge in [0, 0.05) is 19.3 Å². The molecule has 2 rings (SSSR count). The third-order valence-electron chi connectivity index (χ3n) is 3.36. The molecular weight excluding hydrogens is 323 g/mol. The Hall–Kier alpha value is -1.81. The molecule has 1 aliphatic rings. The molecule has 1 fully saturated rings. The number of likely N-dealkylation sites (tertiary alicyclic amines) is 1. The van der Waals surface area contributed by atoms with Crippen LogP contribution in [0.3, 0.4) is 0 Å². The van der Waals surface area contributed by atoms with Gasteiger partial charge in [-0.15, -0.1) is 0 Å². The molecule has 0 bridgehead atoms. The van der Waals surface area contributed by atoms with E-state index in [0.29, 0.717) is 19.0 Å². The van der Waals surface area contributed by atoms with Gasteiger partial charge in [0.1, 0.15) is 6.04 Å². The van der Waals surface area contributed by atoms with Crippen LogP contribution in [0.4, 0.5) is 18.9 Å². The van der Waals surface area contributed by atoms with Gasteiger partial charge in [-0.25, -0.2) is 13.6 Å². The molecule has 1 aliphatic heterocycles. The summed E-state index contributed by atoms with van der Waals surface area (Å²) in [6.45, 7) is 0.498. The number of rotatable bonds is 3. The maximum absolute atomic E-state index is 13.0. The molecule has 122 valence electrons. The lowest BCUT2D eigenvalue weighted by Crippen LogP contribution is -2.31. The first-order valence-electron chi connectivity index (χ1n) is 6.25. The summed E-state index contributed by atoms with van der Waals surface area (Å²) in [4.78, 5) is 12.2. The molecule has 1 atom stereocenters. The van der Waals surface area contributed by atoms with Crippen LogP contribution >= 0.6 is 0 Å². The summed E-state index contributed by atoms with van der Waals surface area (Å²) in [6, 6.07) is 1.95. The second-order valence-corrected chi connectivity index (χ2v) is 6.53.